The van der Waals surface area contributed by atoms with E-state index in [4.69, 9.17) is 28.0 Å². The molecule has 0 aliphatic carbocycles. The number of nitrogens with two attached hydrogens (primary N) is 3. The summed E-state index contributed by atoms with van der Waals surface area (Å²) < 4.78 is 0. The maximum atomic E-state index is 7.16. The first-order valence-electron chi connectivity index (χ1n) is 3.48. The number of hydrogen-bond donors (Lipinski definition) is 7. The van der Waals surface area contributed by atoms with Crippen molar-refractivity contribution in [3.8, 4) is 0 Å². The van der Waals surface area contributed by atoms with Crippen molar-refractivity contribution in [2.45, 2.75) is 12.6 Å². The first-order chi connectivity index (χ1) is 5.56. The predicted octanol–water partition coefficient (Wildman–Crippen LogP) is -2.37. The van der Waals surface area contributed by atoms with Crippen LogP contribution >= 0.6 is 0 Å². The normalized spacial score (nSPS) is 11.8. The van der Waals surface area contributed by atoms with Crippen LogP contribution in [-0.4, -0.2) is 24.6 Å². The molecular weight excluding hydrogens is 158 g/mol. The Bertz CT molecular complexity index is 165. The van der Waals surface area contributed by atoms with Gasteiger partial charge in [0, 0.05) is 0 Å². The van der Waals surface area contributed by atoms with Crippen LogP contribution < -0.4 is 27.8 Å². The Hall–Kier alpha value is -1.34. The van der Waals surface area contributed by atoms with Crippen molar-refractivity contribution >= 4 is 11.9 Å². The van der Waals surface area contributed by atoms with Crippen molar-refractivity contribution in [3.05, 3.63) is 0 Å². The summed E-state index contributed by atoms with van der Waals surface area (Å²) in [7, 11) is 0. The summed E-state index contributed by atoms with van der Waals surface area (Å²) in [5.41, 5.74) is 15.7. The van der Waals surface area contributed by atoms with Crippen LogP contribution in [0.1, 0.15) is 6.42 Å². The highest BCUT2D eigenvalue weighted by Gasteiger charge is 2.02. The summed E-state index contributed by atoms with van der Waals surface area (Å²) in [5.74, 6) is -0.393. The largest absolute Gasteiger partial charge is 0.370 e. The van der Waals surface area contributed by atoms with Crippen LogP contribution in [0.25, 0.3) is 0 Å². The second-order valence-corrected chi connectivity index (χ2v) is 2.24. The second kappa shape index (κ2) is 5.33. The first-order valence-corrected chi connectivity index (χ1v) is 3.48. The molecule has 7 heteroatoms. The monoisotopic (exact) mass is 173 g/mol. The molecule has 0 saturated carbocycles. The van der Waals surface area contributed by atoms with Crippen molar-refractivity contribution < 1.29 is 0 Å². The number of guanidine groups is 2. The van der Waals surface area contributed by atoms with Crippen molar-refractivity contribution in [1.82, 2.24) is 10.6 Å². The summed E-state index contributed by atoms with van der Waals surface area (Å²) in [5, 5.41) is 18.8. The van der Waals surface area contributed by atoms with E-state index in [1.54, 1.807) is 0 Å². The number of rotatable bonds is 3. The summed E-state index contributed by atoms with van der Waals surface area (Å²) in [6.07, 6.45) is 0.177. The molecule has 0 amide bonds. The molecule has 7 nitrogen and oxygen atoms in total. The quantitative estimate of drug-likeness (QED) is 0.144. The van der Waals surface area contributed by atoms with E-state index in [2.05, 4.69) is 10.6 Å². The second-order valence-electron chi connectivity index (χ2n) is 2.24. The lowest BCUT2D eigenvalue weighted by molar-refractivity contribution is 0.582. The topological polar surface area (TPSA) is 150 Å². The molecular formula is C5H15N7. The Morgan fingerprint density at radius 2 is 2.00 bits per heavy atom. The highest BCUT2D eigenvalue weighted by molar-refractivity contribution is 5.94. The number of nitrogens with one attached hydrogen (secondary N) is 4. The molecule has 0 radical (unpaired) electrons. The van der Waals surface area contributed by atoms with Crippen molar-refractivity contribution in [2.24, 2.45) is 17.2 Å². The molecule has 1 unspecified atom stereocenters. The molecule has 0 bridgehead atoms. The maximum Gasteiger partial charge on any atom is 0.196 e. The van der Waals surface area contributed by atoms with Crippen LogP contribution in [0.2, 0.25) is 0 Å². The van der Waals surface area contributed by atoms with Crippen molar-refractivity contribution in [2.75, 3.05) is 6.54 Å². The number of hydrogen-bond acceptors (Lipinski definition) is 4. The zero-order valence-corrected chi connectivity index (χ0v) is 6.72. The van der Waals surface area contributed by atoms with Gasteiger partial charge in [-0.2, -0.15) is 0 Å². The fraction of sp³-hybridized carbons (Fsp3) is 0.600. The van der Waals surface area contributed by atoms with Gasteiger partial charge in [0.2, 0.25) is 0 Å². The van der Waals surface area contributed by atoms with Crippen LogP contribution in [0.3, 0.4) is 0 Å². The van der Waals surface area contributed by atoms with Gasteiger partial charge in [0.05, 0.1) is 6.17 Å². The van der Waals surface area contributed by atoms with Gasteiger partial charge >= 0.3 is 0 Å². The maximum absolute atomic E-state index is 7.16. The van der Waals surface area contributed by atoms with E-state index in [1.807, 2.05) is 0 Å². The molecule has 0 aromatic carbocycles. The summed E-state index contributed by atoms with van der Waals surface area (Å²) in [4.78, 5) is 0. The van der Waals surface area contributed by atoms with E-state index in [0.717, 1.165) is 0 Å². The van der Waals surface area contributed by atoms with Gasteiger partial charge in [-0.25, -0.2) is 0 Å². The van der Waals surface area contributed by atoms with Gasteiger partial charge in [0.1, 0.15) is 0 Å². The zero-order valence-electron chi connectivity index (χ0n) is 6.72. The van der Waals surface area contributed by atoms with Gasteiger partial charge in [-0.3, -0.25) is 16.1 Å². The lowest BCUT2D eigenvalue weighted by Gasteiger charge is -2.14. The Labute approximate surface area is 70.7 Å². The lowest BCUT2D eigenvalue weighted by Crippen LogP contribution is -2.50. The standard InChI is InChI=1S/C5H15N7/c6-2-1-3(7)11-5(10)12-4(8)9/h3H,1-2,6-7H2,(H6,8,9,10,11,12). The van der Waals surface area contributed by atoms with E-state index in [9.17, 15) is 0 Å². The Morgan fingerprint density at radius 1 is 1.42 bits per heavy atom. The van der Waals surface area contributed by atoms with E-state index >= 15 is 0 Å². The molecule has 0 fully saturated rings. The zero-order chi connectivity index (χ0) is 9.56. The van der Waals surface area contributed by atoms with Crippen LogP contribution in [0.5, 0.6) is 0 Å². The van der Waals surface area contributed by atoms with E-state index in [1.165, 1.54) is 0 Å². The van der Waals surface area contributed by atoms with Gasteiger partial charge in [0.25, 0.3) is 0 Å². The Morgan fingerprint density at radius 3 is 2.42 bits per heavy atom. The summed E-state index contributed by atoms with van der Waals surface area (Å²) in [6.45, 7) is 0.446. The Kier molecular flexibility index (Phi) is 4.73. The summed E-state index contributed by atoms with van der Waals surface area (Å²) in [6, 6.07) is 0. The average Bonchev–Trinajstić information content (AvgIpc) is 1.84. The molecule has 70 valence electrons. The molecule has 0 rings (SSSR count). The SMILES string of the molecule is N=C(N)NC(=N)NC(N)CCN. The molecule has 12 heavy (non-hydrogen) atoms. The average molecular weight is 173 g/mol. The van der Waals surface area contributed by atoms with Crippen LogP contribution in [-0.2, 0) is 0 Å². The fourth-order valence-electron chi connectivity index (χ4n) is 0.608. The van der Waals surface area contributed by atoms with Gasteiger partial charge in [0.15, 0.2) is 11.9 Å². The molecule has 0 aliphatic rings. The molecule has 0 aromatic heterocycles. The van der Waals surface area contributed by atoms with E-state index in [-0.39, 0.29) is 18.1 Å². The third kappa shape index (κ3) is 5.45. The molecule has 1 atom stereocenters. The third-order valence-corrected chi connectivity index (χ3v) is 1.07. The van der Waals surface area contributed by atoms with Gasteiger partial charge < -0.3 is 22.5 Å². The molecule has 0 heterocycles. The van der Waals surface area contributed by atoms with Crippen LogP contribution in [0, 0.1) is 10.8 Å². The third-order valence-electron chi connectivity index (χ3n) is 1.07. The highest BCUT2D eigenvalue weighted by atomic mass is 15.2. The minimum atomic E-state index is -0.380. The van der Waals surface area contributed by atoms with Gasteiger partial charge in [-0.15, -0.1) is 0 Å². The van der Waals surface area contributed by atoms with Gasteiger partial charge in [-0.05, 0) is 13.0 Å². The predicted molar refractivity (Wildman–Crippen MR) is 47.6 cm³/mol. The van der Waals surface area contributed by atoms with Crippen LogP contribution in [0.15, 0.2) is 0 Å². The molecule has 0 spiro atoms. The van der Waals surface area contributed by atoms with Crippen molar-refractivity contribution in [3.63, 3.8) is 0 Å². The molecule has 10 N–H and O–H groups in total. The molecule has 0 saturated heterocycles. The molecule has 0 aliphatic heterocycles. The highest BCUT2D eigenvalue weighted by Crippen LogP contribution is 1.77. The minimum Gasteiger partial charge on any atom is -0.370 e. The van der Waals surface area contributed by atoms with Crippen molar-refractivity contribution in [1.29, 1.82) is 10.8 Å². The van der Waals surface area contributed by atoms with E-state index in [0.29, 0.717) is 13.0 Å². The Balaban J connectivity index is 3.61. The van der Waals surface area contributed by atoms with Crippen LogP contribution in [0.4, 0.5) is 0 Å². The van der Waals surface area contributed by atoms with E-state index < -0.39 is 0 Å². The molecule has 0 aromatic rings. The lowest BCUT2D eigenvalue weighted by atomic mass is 10.3. The summed E-state index contributed by atoms with van der Waals surface area (Å²) >= 11 is 0. The van der Waals surface area contributed by atoms with Gasteiger partial charge in [-0.1, -0.05) is 0 Å². The minimum absolute atomic E-state index is 0.0940. The smallest absolute Gasteiger partial charge is 0.196 e. The first kappa shape index (κ1) is 10.7. The fourth-order valence-corrected chi connectivity index (χ4v) is 0.608.